The average Bonchev–Trinajstić information content (AvgIpc) is 2.27. The van der Waals surface area contributed by atoms with Crippen LogP contribution in [0.2, 0.25) is 0 Å². The second-order valence-electron chi connectivity index (χ2n) is 3.73. The maximum absolute atomic E-state index is 11.8. The van der Waals surface area contributed by atoms with Crippen molar-refractivity contribution in [2.75, 3.05) is 6.54 Å². The van der Waals surface area contributed by atoms with Gasteiger partial charge in [-0.1, -0.05) is 13.8 Å². The lowest BCUT2D eigenvalue weighted by molar-refractivity contribution is -0.128. The van der Waals surface area contributed by atoms with E-state index in [0.717, 1.165) is 0 Å². The van der Waals surface area contributed by atoms with Crippen LogP contribution in [0.3, 0.4) is 0 Å². The van der Waals surface area contributed by atoms with Crippen molar-refractivity contribution >= 4 is 11.8 Å². The van der Waals surface area contributed by atoms with E-state index in [1.54, 1.807) is 0 Å². The third-order valence-corrected chi connectivity index (χ3v) is 2.74. The van der Waals surface area contributed by atoms with Gasteiger partial charge in [0.15, 0.2) is 0 Å². The zero-order valence-corrected chi connectivity index (χ0v) is 9.88. The first-order valence-electron chi connectivity index (χ1n) is 5.50. The van der Waals surface area contributed by atoms with Crippen molar-refractivity contribution in [2.45, 2.75) is 39.5 Å². The van der Waals surface area contributed by atoms with E-state index in [-0.39, 0.29) is 18.2 Å². The normalized spacial score (nSPS) is 10.6. The minimum atomic E-state index is -0.938. The van der Waals surface area contributed by atoms with Gasteiger partial charge < -0.3 is 11.1 Å². The monoisotopic (exact) mass is 225 g/mol. The Kier molecular flexibility index (Phi) is 6.16. The van der Waals surface area contributed by atoms with Gasteiger partial charge in [-0.15, -0.1) is 0 Å². The van der Waals surface area contributed by atoms with Crippen LogP contribution in [0.4, 0.5) is 0 Å². The fraction of sp³-hybridized carbons (Fsp3) is 0.727. The number of nitriles is 1. The van der Waals surface area contributed by atoms with E-state index in [1.807, 2.05) is 13.8 Å². The molecule has 0 aromatic carbocycles. The summed E-state index contributed by atoms with van der Waals surface area (Å²) in [6, 6.07) is 2.06. The van der Waals surface area contributed by atoms with E-state index in [2.05, 4.69) is 11.4 Å². The van der Waals surface area contributed by atoms with Crippen molar-refractivity contribution in [3.63, 3.8) is 0 Å². The molecule has 0 aromatic heterocycles. The highest BCUT2D eigenvalue weighted by Gasteiger charge is 2.34. The van der Waals surface area contributed by atoms with Crippen LogP contribution in [0.1, 0.15) is 39.5 Å². The molecule has 16 heavy (non-hydrogen) atoms. The van der Waals surface area contributed by atoms with Crippen LogP contribution in [-0.4, -0.2) is 18.4 Å². The summed E-state index contributed by atoms with van der Waals surface area (Å²) >= 11 is 0. The fourth-order valence-electron chi connectivity index (χ4n) is 1.41. The summed E-state index contributed by atoms with van der Waals surface area (Å²) in [6.45, 7) is 4.01. The van der Waals surface area contributed by atoms with Gasteiger partial charge in [0, 0.05) is 13.0 Å². The Labute approximate surface area is 96.0 Å². The van der Waals surface area contributed by atoms with Crippen molar-refractivity contribution in [2.24, 2.45) is 11.1 Å². The molecular formula is C11H19N3O2. The Morgan fingerprint density at radius 3 is 2.31 bits per heavy atom. The van der Waals surface area contributed by atoms with Gasteiger partial charge in [0.05, 0.1) is 6.07 Å². The van der Waals surface area contributed by atoms with E-state index in [0.29, 0.717) is 25.8 Å². The molecule has 0 fully saturated rings. The van der Waals surface area contributed by atoms with Gasteiger partial charge >= 0.3 is 0 Å². The molecule has 3 N–H and O–H groups in total. The molecule has 0 atom stereocenters. The SMILES string of the molecule is CCC(C#N)(CC)C(=O)NCCCC(N)=O. The quantitative estimate of drug-likeness (QED) is 0.624. The van der Waals surface area contributed by atoms with Crippen molar-refractivity contribution in [1.29, 1.82) is 5.26 Å². The van der Waals surface area contributed by atoms with E-state index in [9.17, 15) is 9.59 Å². The number of hydrogen-bond donors (Lipinski definition) is 2. The zero-order valence-electron chi connectivity index (χ0n) is 9.88. The molecule has 0 unspecified atom stereocenters. The first-order chi connectivity index (χ1) is 7.52. The lowest BCUT2D eigenvalue weighted by Crippen LogP contribution is -2.39. The number of nitrogens with two attached hydrogens (primary N) is 1. The van der Waals surface area contributed by atoms with Gasteiger partial charge in [0.25, 0.3) is 0 Å². The number of carbonyl (C=O) groups is 2. The second-order valence-corrected chi connectivity index (χ2v) is 3.73. The lowest BCUT2D eigenvalue weighted by atomic mass is 9.83. The van der Waals surface area contributed by atoms with Crippen LogP contribution in [0.25, 0.3) is 0 Å². The molecule has 5 nitrogen and oxygen atoms in total. The van der Waals surface area contributed by atoms with Crippen molar-refractivity contribution in [1.82, 2.24) is 5.32 Å². The van der Waals surface area contributed by atoms with E-state index >= 15 is 0 Å². The van der Waals surface area contributed by atoms with Crippen LogP contribution in [0, 0.1) is 16.7 Å². The average molecular weight is 225 g/mol. The number of amides is 2. The van der Waals surface area contributed by atoms with Gasteiger partial charge in [0.1, 0.15) is 5.41 Å². The molecule has 0 aliphatic carbocycles. The third-order valence-electron chi connectivity index (χ3n) is 2.74. The van der Waals surface area contributed by atoms with Gasteiger partial charge in [-0.2, -0.15) is 5.26 Å². The summed E-state index contributed by atoms with van der Waals surface area (Å²) < 4.78 is 0. The molecular weight excluding hydrogens is 206 g/mol. The van der Waals surface area contributed by atoms with Gasteiger partial charge in [-0.25, -0.2) is 0 Å². The van der Waals surface area contributed by atoms with Crippen LogP contribution < -0.4 is 11.1 Å². The predicted octanol–water partition coefficient (Wildman–Crippen LogP) is 0.698. The van der Waals surface area contributed by atoms with Gasteiger partial charge in [-0.05, 0) is 19.3 Å². The van der Waals surface area contributed by atoms with Crippen molar-refractivity contribution < 1.29 is 9.59 Å². The number of rotatable bonds is 7. The topological polar surface area (TPSA) is 96.0 Å². The largest absolute Gasteiger partial charge is 0.370 e. The number of hydrogen-bond acceptors (Lipinski definition) is 3. The Morgan fingerprint density at radius 1 is 1.38 bits per heavy atom. The number of primary amides is 1. The third kappa shape index (κ3) is 3.89. The summed E-state index contributed by atoms with van der Waals surface area (Å²) in [4.78, 5) is 22.2. The number of carbonyl (C=O) groups excluding carboxylic acids is 2. The van der Waals surface area contributed by atoms with E-state index in [4.69, 9.17) is 11.0 Å². The summed E-state index contributed by atoms with van der Waals surface area (Å²) in [5, 5.41) is 11.7. The standard InChI is InChI=1S/C11H19N3O2/c1-3-11(4-2,8-12)10(16)14-7-5-6-9(13)15/h3-7H2,1-2H3,(H2,13,15)(H,14,16). The molecule has 0 saturated carbocycles. The second kappa shape index (κ2) is 6.83. The Bertz CT molecular complexity index is 290. The summed E-state index contributed by atoms with van der Waals surface area (Å²) in [7, 11) is 0. The molecule has 2 amide bonds. The van der Waals surface area contributed by atoms with Crippen LogP contribution in [0.15, 0.2) is 0 Å². The first-order valence-corrected chi connectivity index (χ1v) is 5.50. The van der Waals surface area contributed by atoms with Crippen LogP contribution in [0.5, 0.6) is 0 Å². The predicted molar refractivity (Wildman–Crippen MR) is 60.1 cm³/mol. The molecule has 0 bridgehead atoms. The summed E-state index contributed by atoms with van der Waals surface area (Å²) in [5.74, 6) is -0.642. The zero-order chi connectivity index (χ0) is 12.6. The lowest BCUT2D eigenvalue weighted by Gasteiger charge is -2.21. The molecule has 0 heterocycles. The highest BCUT2D eigenvalue weighted by molar-refractivity contribution is 5.85. The molecule has 0 rings (SSSR count). The van der Waals surface area contributed by atoms with Crippen LogP contribution in [-0.2, 0) is 9.59 Å². The maximum atomic E-state index is 11.8. The minimum absolute atomic E-state index is 0.248. The highest BCUT2D eigenvalue weighted by Crippen LogP contribution is 2.25. The fourth-order valence-corrected chi connectivity index (χ4v) is 1.41. The Morgan fingerprint density at radius 2 is 1.94 bits per heavy atom. The maximum Gasteiger partial charge on any atom is 0.240 e. The summed E-state index contributed by atoms with van der Waals surface area (Å²) in [5.41, 5.74) is 4.03. The molecule has 0 saturated heterocycles. The smallest absolute Gasteiger partial charge is 0.240 e. The molecule has 0 radical (unpaired) electrons. The minimum Gasteiger partial charge on any atom is -0.370 e. The van der Waals surface area contributed by atoms with E-state index < -0.39 is 5.41 Å². The van der Waals surface area contributed by atoms with Crippen molar-refractivity contribution in [3.8, 4) is 6.07 Å². The number of nitrogens with zero attached hydrogens (tertiary/aromatic N) is 1. The summed E-state index contributed by atoms with van der Waals surface area (Å²) in [6.07, 6.45) is 1.73. The van der Waals surface area contributed by atoms with Crippen LogP contribution >= 0.6 is 0 Å². The highest BCUT2D eigenvalue weighted by atomic mass is 16.2. The molecule has 0 spiro atoms. The first kappa shape index (κ1) is 14.4. The van der Waals surface area contributed by atoms with E-state index in [1.165, 1.54) is 0 Å². The van der Waals surface area contributed by atoms with Crippen molar-refractivity contribution in [3.05, 3.63) is 0 Å². The van der Waals surface area contributed by atoms with Gasteiger partial charge in [0.2, 0.25) is 11.8 Å². The molecule has 90 valence electrons. The molecule has 5 heteroatoms. The Hall–Kier alpha value is -1.57. The molecule has 0 aliphatic rings. The molecule has 0 aromatic rings. The number of nitrogens with one attached hydrogen (secondary N) is 1. The van der Waals surface area contributed by atoms with Gasteiger partial charge in [-0.3, -0.25) is 9.59 Å². The molecule has 0 aliphatic heterocycles. The Balaban J connectivity index is 4.14.